The molecular weight excluding hydrogens is 226 g/mol. The van der Waals surface area contributed by atoms with Crippen LogP contribution in [0.15, 0.2) is 30.3 Å². The van der Waals surface area contributed by atoms with Gasteiger partial charge < -0.3 is 9.64 Å². The second-order valence-corrected chi connectivity index (χ2v) is 4.41. The van der Waals surface area contributed by atoms with Gasteiger partial charge in [-0.3, -0.25) is 4.79 Å². The SMILES string of the molecule is CCN(CC)C(=O)[C@H](C)COCc1ccccc1. The lowest BCUT2D eigenvalue weighted by molar-refractivity contribution is -0.136. The summed E-state index contributed by atoms with van der Waals surface area (Å²) in [6.45, 7) is 8.49. The maximum absolute atomic E-state index is 12.0. The van der Waals surface area contributed by atoms with Gasteiger partial charge in [0.05, 0.1) is 19.1 Å². The van der Waals surface area contributed by atoms with Crippen molar-refractivity contribution in [1.29, 1.82) is 0 Å². The lowest BCUT2D eigenvalue weighted by atomic mass is 10.1. The van der Waals surface area contributed by atoms with Crippen molar-refractivity contribution >= 4 is 5.91 Å². The quantitative estimate of drug-likeness (QED) is 0.743. The molecule has 0 aliphatic carbocycles. The monoisotopic (exact) mass is 249 g/mol. The van der Waals surface area contributed by atoms with Crippen molar-refractivity contribution in [2.75, 3.05) is 19.7 Å². The highest BCUT2D eigenvalue weighted by atomic mass is 16.5. The standard InChI is InChI=1S/C15H23NO2/c1-4-16(5-2)15(17)13(3)11-18-12-14-9-7-6-8-10-14/h6-10,13H,4-5,11-12H2,1-3H3/t13-/m1/s1. The molecule has 0 spiro atoms. The molecule has 1 rings (SSSR count). The second kappa shape index (κ2) is 7.88. The Labute approximate surface area is 110 Å². The van der Waals surface area contributed by atoms with E-state index in [0.29, 0.717) is 13.2 Å². The third kappa shape index (κ3) is 4.49. The van der Waals surface area contributed by atoms with Crippen LogP contribution in [0.5, 0.6) is 0 Å². The summed E-state index contributed by atoms with van der Waals surface area (Å²) >= 11 is 0. The first-order chi connectivity index (χ1) is 8.69. The van der Waals surface area contributed by atoms with E-state index in [1.54, 1.807) is 0 Å². The number of hydrogen-bond acceptors (Lipinski definition) is 2. The van der Waals surface area contributed by atoms with Gasteiger partial charge in [-0.05, 0) is 19.4 Å². The minimum absolute atomic E-state index is 0.0754. The lowest BCUT2D eigenvalue weighted by Crippen LogP contribution is -2.36. The van der Waals surface area contributed by atoms with E-state index in [1.165, 1.54) is 0 Å². The average Bonchev–Trinajstić information content (AvgIpc) is 2.41. The van der Waals surface area contributed by atoms with E-state index < -0.39 is 0 Å². The van der Waals surface area contributed by atoms with Gasteiger partial charge in [-0.2, -0.15) is 0 Å². The molecule has 1 aromatic carbocycles. The van der Waals surface area contributed by atoms with Gasteiger partial charge in [-0.25, -0.2) is 0 Å². The van der Waals surface area contributed by atoms with Crippen LogP contribution in [0.1, 0.15) is 26.3 Å². The van der Waals surface area contributed by atoms with E-state index in [2.05, 4.69) is 0 Å². The Morgan fingerprint density at radius 2 is 1.83 bits per heavy atom. The van der Waals surface area contributed by atoms with Crippen molar-refractivity contribution in [3.8, 4) is 0 Å². The van der Waals surface area contributed by atoms with Crippen molar-refractivity contribution in [1.82, 2.24) is 4.90 Å². The number of carbonyl (C=O) groups excluding carboxylic acids is 1. The Bertz CT molecular complexity index is 347. The van der Waals surface area contributed by atoms with Crippen LogP contribution < -0.4 is 0 Å². The fourth-order valence-corrected chi connectivity index (χ4v) is 1.85. The topological polar surface area (TPSA) is 29.5 Å². The molecule has 0 bridgehead atoms. The van der Waals surface area contributed by atoms with Crippen LogP contribution in [0.4, 0.5) is 0 Å². The second-order valence-electron chi connectivity index (χ2n) is 4.41. The smallest absolute Gasteiger partial charge is 0.227 e. The molecule has 0 aliphatic rings. The Hall–Kier alpha value is -1.35. The Kier molecular flexibility index (Phi) is 6.44. The van der Waals surface area contributed by atoms with Crippen LogP contribution in [-0.4, -0.2) is 30.5 Å². The molecule has 3 nitrogen and oxygen atoms in total. The highest BCUT2D eigenvalue weighted by Gasteiger charge is 2.17. The molecule has 0 heterocycles. The number of nitrogens with zero attached hydrogens (tertiary/aromatic N) is 1. The van der Waals surface area contributed by atoms with E-state index in [4.69, 9.17) is 4.74 Å². The molecule has 0 saturated heterocycles. The highest BCUT2D eigenvalue weighted by Crippen LogP contribution is 2.06. The van der Waals surface area contributed by atoms with Crippen molar-refractivity contribution in [2.45, 2.75) is 27.4 Å². The Morgan fingerprint density at radius 3 is 2.39 bits per heavy atom. The number of rotatable bonds is 7. The number of ether oxygens (including phenoxy) is 1. The van der Waals surface area contributed by atoms with Gasteiger partial charge in [0.1, 0.15) is 0 Å². The van der Waals surface area contributed by atoms with E-state index in [0.717, 1.165) is 18.7 Å². The summed E-state index contributed by atoms with van der Waals surface area (Å²) in [6, 6.07) is 10.0. The maximum Gasteiger partial charge on any atom is 0.227 e. The molecular formula is C15H23NO2. The van der Waals surface area contributed by atoms with Gasteiger partial charge in [-0.15, -0.1) is 0 Å². The van der Waals surface area contributed by atoms with Crippen LogP contribution in [0.2, 0.25) is 0 Å². The predicted octanol–water partition coefficient (Wildman–Crippen LogP) is 2.71. The normalized spacial score (nSPS) is 12.2. The highest BCUT2D eigenvalue weighted by molar-refractivity contribution is 5.78. The molecule has 0 radical (unpaired) electrons. The van der Waals surface area contributed by atoms with E-state index in [9.17, 15) is 4.79 Å². The molecule has 3 heteroatoms. The Morgan fingerprint density at radius 1 is 1.22 bits per heavy atom. The van der Waals surface area contributed by atoms with Crippen molar-refractivity contribution in [3.05, 3.63) is 35.9 Å². The number of amides is 1. The first-order valence-electron chi connectivity index (χ1n) is 6.59. The van der Waals surface area contributed by atoms with Gasteiger partial charge in [0.25, 0.3) is 0 Å². The fourth-order valence-electron chi connectivity index (χ4n) is 1.85. The summed E-state index contributed by atoms with van der Waals surface area (Å²) in [4.78, 5) is 13.8. The molecule has 0 unspecified atom stereocenters. The molecule has 0 aliphatic heterocycles. The lowest BCUT2D eigenvalue weighted by Gasteiger charge is -2.22. The Balaban J connectivity index is 2.33. The molecule has 0 saturated carbocycles. The molecule has 100 valence electrons. The van der Waals surface area contributed by atoms with Crippen LogP contribution in [0, 0.1) is 5.92 Å². The summed E-state index contributed by atoms with van der Waals surface area (Å²) in [5, 5.41) is 0. The summed E-state index contributed by atoms with van der Waals surface area (Å²) < 4.78 is 5.59. The summed E-state index contributed by atoms with van der Waals surface area (Å²) in [6.07, 6.45) is 0. The maximum atomic E-state index is 12.0. The summed E-state index contributed by atoms with van der Waals surface area (Å²) in [5.74, 6) is 0.0988. The average molecular weight is 249 g/mol. The van der Waals surface area contributed by atoms with Gasteiger partial charge in [-0.1, -0.05) is 37.3 Å². The first-order valence-corrected chi connectivity index (χ1v) is 6.59. The molecule has 18 heavy (non-hydrogen) atoms. The third-order valence-electron chi connectivity index (χ3n) is 2.98. The molecule has 1 amide bonds. The largest absolute Gasteiger partial charge is 0.376 e. The van der Waals surface area contributed by atoms with Crippen LogP contribution in [0.25, 0.3) is 0 Å². The summed E-state index contributed by atoms with van der Waals surface area (Å²) in [7, 11) is 0. The zero-order valence-electron chi connectivity index (χ0n) is 11.6. The molecule has 0 fully saturated rings. The fraction of sp³-hybridized carbons (Fsp3) is 0.533. The van der Waals surface area contributed by atoms with Crippen LogP contribution in [0.3, 0.4) is 0 Å². The van der Waals surface area contributed by atoms with E-state index in [1.807, 2.05) is 56.0 Å². The molecule has 0 N–H and O–H groups in total. The van der Waals surface area contributed by atoms with Crippen molar-refractivity contribution < 1.29 is 9.53 Å². The zero-order valence-corrected chi connectivity index (χ0v) is 11.6. The minimum atomic E-state index is -0.0754. The van der Waals surface area contributed by atoms with Gasteiger partial charge in [0.15, 0.2) is 0 Å². The zero-order chi connectivity index (χ0) is 13.4. The van der Waals surface area contributed by atoms with Gasteiger partial charge >= 0.3 is 0 Å². The van der Waals surface area contributed by atoms with Crippen LogP contribution in [-0.2, 0) is 16.1 Å². The summed E-state index contributed by atoms with van der Waals surface area (Å²) in [5.41, 5.74) is 1.14. The predicted molar refractivity (Wildman–Crippen MR) is 73.2 cm³/mol. The third-order valence-corrected chi connectivity index (χ3v) is 2.98. The van der Waals surface area contributed by atoms with Gasteiger partial charge in [0, 0.05) is 13.1 Å². The van der Waals surface area contributed by atoms with E-state index >= 15 is 0 Å². The van der Waals surface area contributed by atoms with Gasteiger partial charge in [0.2, 0.25) is 5.91 Å². The number of hydrogen-bond donors (Lipinski definition) is 0. The van der Waals surface area contributed by atoms with Crippen molar-refractivity contribution in [3.63, 3.8) is 0 Å². The molecule has 1 aromatic rings. The minimum Gasteiger partial charge on any atom is -0.376 e. The molecule has 0 aromatic heterocycles. The van der Waals surface area contributed by atoms with Crippen LogP contribution >= 0.6 is 0 Å². The molecule has 1 atom stereocenters. The van der Waals surface area contributed by atoms with E-state index in [-0.39, 0.29) is 11.8 Å². The number of benzene rings is 1. The number of carbonyl (C=O) groups is 1. The first kappa shape index (κ1) is 14.7. The van der Waals surface area contributed by atoms with Crippen molar-refractivity contribution in [2.24, 2.45) is 5.92 Å².